The number of hydrogen-bond donors (Lipinski definition) is 1. The van der Waals surface area contributed by atoms with Gasteiger partial charge in [0, 0.05) is 12.8 Å². The molecule has 0 rings (SSSR count). The van der Waals surface area contributed by atoms with E-state index in [1.807, 2.05) is 0 Å². The number of ether oxygens (including phenoxy) is 1. The lowest BCUT2D eigenvalue weighted by Crippen LogP contribution is -2.16. The summed E-state index contributed by atoms with van der Waals surface area (Å²) in [5.74, 6) is -1.10. The zero-order valence-electron chi connectivity index (χ0n) is 10.3. The highest BCUT2D eigenvalue weighted by Gasteiger charge is 2.11. The number of carbonyl (C=O) groups is 2. The first kappa shape index (κ1) is 15.4. The van der Waals surface area contributed by atoms with Crippen molar-refractivity contribution < 1.29 is 19.4 Å². The molecule has 0 radical (unpaired) electrons. The zero-order valence-corrected chi connectivity index (χ0v) is 10.3. The average Bonchev–Trinajstić information content (AvgIpc) is 2.24. The predicted octanol–water partition coefficient (Wildman–Crippen LogP) is 2.70. The summed E-state index contributed by atoms with van der Waals surface area (Å²) in [4.78, 5) is 21.6. The van der Waals surface area contributed by atoms with E-state index < -0.39 is 12.1 Å². The molecule has 1 N–H and O–H groups in total. The van der Waals surface area contributed by atoms with Gasteiger partial charge in [0.1, 0.15) is 6.10 Å². The van der Waals surface area contributed by atoms with Crippen LogP contribution in [-0.4, -0.2) is 23.1 Å². The third-order valence-electron chi connectivity index (χ3n) is 2.23. The fourth-order valence-corrected chi connectivity index (χ4v) is 1.27. The van der Waals surface area contributed by atoms with Crippen LogP contribution in [-0.2, 0) is 14.3 Å². The summed E-state index contributed by atoms with van der Waals surface area (Å²) in [7, 11) is 0. The Bertz CT molecular complexity index is 294. The number of carboxylic acids is 1. The van der Waals surface area contributed by atoms with Crippen molar-refractivity contribution in [3.63, 3.8) is 0 Å². The summed E-state index contributed by atoms with van der Waals surface area (Å²) >= 11 is 0. The van der Waals surface area contributed by atoms with E-state index in [1.54, 1.807) is 6.92 Å². The standard InChI is InChI=1S/C13H20O4/c1-4-11(10(2)3)17-13(16)9-7-5-6-8-12(14)15/h4,11H,1-2,5-9H2,3H3,(H,14,15). The van der Waals surface area contributed by atoms with Gasteiger partial charge in [-0.1, -0.05) is 19.6 Å². The Labute approximate surface area is 102 Å². The first-order valence-electron chi connectivity index (χ1n) is 5.66. The molecule has 0 fully saturated rings. The van der Waals surface area contributed by atoms with E-state index in [0.29, 0.717) is 25.7 Å². The fraction of sp³-hybridized carbons (Fsp3) is 0.538. The molecule has 4 nitrogen and oxygen atoms in total. The first-order chi connectivity index (χ1) is 7.97. The van der Waals surface area contributed by atoms with Crippen LogP contribution in [0.5, 0.6) is 0 Å². The Morgan fingerprint density at radius 2 is 1.88 bits per heavy atom. The van der Waals surface area contributed by atoms with Gasteiger partial charge in [0.25, 0.3) is 0 Å². The molecule has 0 saturated heterocycles. The molecule has 1 atom stereocenters. The molecule has 0 aliphatic heterocycles. The first-order valence-corrected chi connectivity index (χ1v) is 5.66. The van der Waals surface area contributed by atoms with Gasteiger partial charge < -0.3 is 9.84 Å². The number of carbonyl (C=O) groups excluding carboxylic acids is 1. The molecule has 17 heavy (non-hydrogen) atoms. The highest BCUT2D eigenvalue weighted by molar-refractivity contribution is 5.70. The van der Waals surface area contributed by atoms with Crippen molar-refractivity contribution in [3.8, 4) is 0 Å². The van der Waals surface area contributed by atoms with Gasteiger partial charge in [-0.05, 0) is 31.4 Å². The number of esters is 1. The van der Waals surface area contributed by atoms with Crippen LogP contribution in [0.25, 0.3) is 0 Å². The average molecular weight is 240 g/mol. The third kappa shape index (κ3) is 8.25. The Morgan fingerprint density at radius 1 is 1.29 bits per heavy atom. The van der Waals surface area contributed by atoms with Crippen molar-refractivity contribution in [2.75, 3.05) is 0 Å². The topological polar surface area (TPSA) is 63.6 Å². The van der Waals surface area contributed by atoms with Gasteiger partial charge in [-0.2, -0.15) is 0 Å². The largest absolute Gasteiger partial charge is 0.481 e. The summed E-state index contributed by atoms with van der Waals surface area (Å²) in [5.41, 5.74) is 0.735. The highest BCUT2D eigenvalue weighted by atomic mass is 16.5. The van der Waals surface area contributed by atoms with Crippen molar-refractivity contribution in [3.05, 3.63) is 24.8 Å². The quantitative estimate of drug-likeness (QED) is 0.382. The van der Waals surface area contributed by atoms with Crippen LogP contribution in [0, 0.1) is 0 Å². The normalized spacial score (nSPS) is 11.6. The van der Waals surface area contributed by atoms with Gasteiger partial charge in [0.05, 0.1) is 0 Å². The SMILES string of the molecule is C=CC(OC(=O)CCCCCC(=O)O)C(=C)C. The van der Waals surface area contributed by atoms with Gasteiger partial charge in [-0.25, -0.2) is 0 Å². The Balaban J connectivity index is 3.69. The van der Waals surface area contributed by atoms with Gasteiger partial charge >= 0.3 is 11.9 Å². The van der Waals surface area contributed by atoms with E-state index in [0.717, 1.165) is 5.57 Å². The van der Waals surface area contributed by atoms with Gasteiger partial charge in [0.2, 0.25) is 0 Å². The number of unbranched alkanes of at least 4 members (excludes halogenated alkanes) is 2. The minimum absolute atomic E-state index is 0.149. The monoisotopic (exact) mass is 240 g/mol. The number of hydrogen-bond acceptors (Lipinski definition) is 3. The highest BCUT2D eigenvalue weighted by Crippen LogP contribution is 2.09. The molecule has 0 heterocycles. The van der Waals surface area contributed by atoms with E-state index in [2.05, 4.69) is 13.2 Å². The maximum absolute atomic E-state index is 11.4. The Morgan fingerprint density at radius 3 is 2.35 bits per heavy atom. The maximum atomic E-state index is 11.4. The second-order valence-electron chi connectivity index (χ2n) is 3.95. The summed E-state index contributed by atoms with van der Waals surface area (Å²) in [6, 6.07) is 0. The van der Waals surface area contributed by atoms with Crippen LogP contribution in [0.2, 0.25) is 0 Å². The van der Waals surface area contributed by atoms with E-state index >= 15 is 0 Å². The molecule has 0 bridgehead atoms. The lowest BCUT2D eigenvalue weighted by atomic mass is 10.1. The lowest BCUT2D eigenvalue weighted by Gasteiger charge is -2.13. The molecular weight excluding hydrogens is 220 g/mol. The van der Waals surface area contributed by atoms with E-state index in [9.17, 15) is 9.59 Å². The third-order valence-corrected chi connectivity index (χ3v) is 2.23. The van der Waals surface area contributed by atoms with Crippen LogP contribution in [0.15, 0.2) is 24.8 Å². The number of carboxylic acid groups (broad SMARTS) is 1. The van der Waals surface area contributed by atoms with Crippen LogP contribution in [0.3, 0.4) is 0 Å². The zero-order chi connectivity index (χ0) is 13.3. The summed E-state index contributed by atoms with van der Waals surface area (Å²) in [5, 5.41) is 8.42. The van der Waals surface area contributed by atoms with E-state index in [-0.39, 0.29) is 12.4 Å². The molecule has 0 saturated carbocycles. The second kappa shape index (κ2) is 8.56. The minimum atomic E-state index is -0.804. The molecule has 0 aliphatic carbocycles. The molecule has 4 heteroatoms. The smallest absolute Gasteiger partial charge is 0.306 e. The van der Waals surface area contributed by atoms with Crippen LogP contribution in [0.4, 0.5) is 0 Å². The van der Waals surface area contributed by atoms with Crippen LogP contribution >= 0.6 is 0 Å². The molecule has 0 aromatic rings. The van der Waals surface area contributed by atoms with Gasteiger partial charge in [-0.3, -0.25) is 9.59 Å². The van der Waals surface area contributed by atoms with Crippen molar-refractivity contribution >= 4 is 11.9 Å². The molecule has 1 unspecified atom stereocenters. The molecule has 0 spiro atoms. The Hall–Kier alpha value is -1.58. The molecule has 0 aromatic carbocycles. The predicted molar refractivity (Wildman–Crippen MR) is 65.6 cm³/mol. The summed E-state index contributed by atoms with van der Waals surface area (Å²) < 4.78 is 5.12. The van der Waals surface area contributed by atoms with Gasteiger partial charge in [0.15, 0.2) is 0 Å². The fourth-order valence-electron chi connectivity index (χ4n) is 1.27. The Kier molecular flexibility index (Phi) is 7.76. The van der Waals surface area contributed by atoms with Crippen LogP contribution < -0.4 is 0 Å². The summed E-state index contributed by atoms with van der Waals surface area (Å²) in [6.45, 7) is 9.03. The lowest BCUT2D eigenvalue weighted by molar-refractivity contribution is -0.145. The molecule has 96 valence electrons. The van der Waals surface area contributed by atoms with Gasteiger partial charge in [-0.15, -0.1) is 0 Å². The molecular formula is C13H20O4. The number of aliphatic carboxylic acids is 1. The summed E-state index contributed by atoms with van der Waals surface area (Å²) in [6.07, 6.45) is 3.51. The van der Waals surface area contributed by atoms with Crippen molar-refractivity contribution in [2.45, 2.75) is 45.1 Å². The second-order valence-corrected chi connectivity index (χ2v) is 3.95. The van der Waals surface area contributed by atoms with Crippen molar-refractivity contribution in [1.82, 2.24) is 0 Å². The maximum Gasteiger partial charge on any atom is 0.306 e. The van der Waals surface area contributed by atoms with Crippen molar-refractivity contribution in [2.24, 2.45) is 0 Å². The minimum Gasteiger partial charge on any atom is -0.481 e. The van der Waals surface area contributed by atoms with Crippen molar-refractivity contribution in [1.29, 1.82) is 0 Å². The van der Waals surface area contributed by atoms with E-state index in [1.165, 1.54) is 6.08 Å². The van der Waals surface area contributed by atoms with Crippen LogP contribution in [0.1, 0.15) is 39.0 Å². The molecule has 0 amide bonds. The molecule has 0 aromatic heterocycles. The van der Waals surface area contributed by atoms with E-state index in [4.69, 9.17) is 9.84 Å². The molecule has 0 aliphatic rings. The number of rotatable bonds is 9.